The molecule has 0 bridgehead atoms. The first-order valence-electron chi connectivity index (χ1n) is 7.12. The second-order valence-corrected chi connectivity index (χ2v) is 8.39. The van der Waals surface area contributed by atoms with Crippen LogP contribution < -0.4 is 5.32 Å². The number of sulfone groups is 1. The molecular formula is C15H21F2NO2S. The molecule has 1 fully saturated rings. The summed E-state index contributed by atoms with van der Waals surface area (Å²) in [7, 11) is -3.69. The Morgan fingerprint density at radius 1 is 1.29 bits per heavy atom. The van der Waals surface area contributed by atoms with Crippen molar-refractivity contribution in [3.05, 3.63) is 29.8 Å². The van der Waals surface area contributed by atoms with E-state index in [-0.39, 0.29) is 16.4 Å². The van der Waals surface area contributed by atoms with Crippen molar-refractivity contribution in [3.63, 3.8) is 0 Å². The Bertz CT molecular complexity index is 629. The fraction of sp³-hybridized carbons (Fsp3) is 0.600. The topological polar surface area (TPSA) is 46.2 Å². The van der Waals surface area contributed by atoms with Gasteiger partial charge in [-0.3, -0.25) is 0 Å². The molecule has 1 aromatic rings. The van der Waals surface area contributed by atoms with E-state index < -0.39 is 26.7 Å². The van der Waals surface area contributed by atoms with Crippen LogP contribution in [0.4, 0.5) is 8.78 Å². The average Bonchev–Trinajstić information content (AvgIpc) is 2.69. The molecule has 0 aromatic heterocycles. The molecule has 0 radical (unpaired) electrons. The van der Waals surface area contributed by atoms with Gasteiger partial charge >= 0.3 is 0 Å². The molecule has 2 unspecified atom stereocenters. The highest BCUT2D eigenvalue weighted by Gasteiger charge is 2.47. The van der Waals surface area contributed by atoms with Crippen molar-refractivity contribution >= 4 is 9.84 Å². The van der Waals surface area contributed by atoms with Gasteiger partial charge in [0, 0.05) is 6.04 Å². The molecule has 0 amide bonds. The van der Waals surface area contributed by atoms with Crippen LogP contribution in [0.25, 0.3) is 0 Å². The summed E-state index contributed by atoms with van der Waals surface area (Å²) in [6, 6.07) is 2.59. The predicted molar refractivity (Wildman–Crippen MR) is 77.8 cm³/mol. The Balaban J connectivity index is 2.41. The predicted octanol–water partition coefficient (Wildman–Crippen LogP) is 2.91. The minimum atomic E-state index is -3.69. The van der Waals surface area contributed by atoms with Crippen LogP contribution in [-0.4, -0.2) is 26.3 Å². The number of nitrogens with one attached hydrogen (secondary N) is 1. The van der Waals surface area contributed by atoms with E-state index in [2.05, 4.69) is 5.32 Å². The summed E-state index contributed by atoms with van der Waals surface area (Å²) in [6.07, 6.45) is 1.30. The Kier molecular flexibility index (Phi) is 4.40. The lowest BCUT2D eigenvalue weighted by atomic mass is 9.87. The Morgan fingerprint density at radius 2 is 1.95 bits per heavy atom. The van der Waals surface area contributed by atoms with Crippen molar-refractivity contribution in [2.45, 2.75) is 49.8 Å². The second-order valence-electron chi connectivity index (χ2n) is 6.22. The van der Waals surface area contributed by atoms with E-state index in [0.717, 1.165) is 24.6 Å². The van der Waals surface area contributed by atoms with Gasteiger partial charge in [-0.25, -0.2) is 17.2 Å². The molecule has 2 atom stereocenters. The summed E-state index contributed by atoms with van der Waals surface area (Å²) >= 11 is 0. The van der Waals surface area contributed by atoms with Gasteiger partial charge in [0.15, 0.2) is 21.5 Å². The molecule has 6 heteroatoms. The third-order valence-corrected chi connectivity index (χ3v) is 6.55. The molecule has 1 aliphatic rings. The van der Waals surface area contributed by atoms with Crippen molar-refractivity contribution in [1.29, 1.82) is 0 Å². The maximum Gasteiger partial charge on any atom is 0.182 e. The van der Waals surface area contributed by atoms with E-state index in [1.807, 2.05) is 20.8 Å². The van der Waals surface area contributed by atoms with E-state index >= 15 is 0 Å². The SMILES string of the molecule is CCNC1C(S(=O)(=O)c2ccc(F)c(F)c2)CCC1(C)C. The van der Waals surface area contributed by atoms with E-state index in [1.165, 1.54) is 0 Å². The molecule has 1 aliphatic carbocycles. The first-order valence-corrected chi connectivity index (χ1v) is 8.67. The average molecular weight is 317 g/mol. The van der Waals surface area contributed by atoms with Gasteiger partial charge < -0.3 is 5.32 Å². The van der Waals surface area contributed by atoms with Crippen LogP contribution in [0.5, 0.6) is 0 Å². The van der Waals surface area contributed by atoms with Gasteiger partial charge in [-0.15, -0.1) is 0 Å². The Morgan fingerprint density at radius 3 is 2.52 bits per heavy atom. The van der Waals surface area contributed by atoms with Crippen molar-refractivity contribution < 1.29 is 17.2 Å². The van der Waals surface area contributed by atoms with Gasteiger partial charge in [-0.1, -0.05) is 20.8 Å². The van der Waals surface area contributed by atoms with Crippen LogP contribution in [-0.2, 0) is 9.84 Å². The van der Waals surface area contributed by atoms with Crippen molar-refractivity contribution in [1.82, 2.24) is 5.32 Å². The van der Waals surface area contributed by atoms with Gasteiger partial charge in [0.05, 0.1) is 10.1 Å². The number of hydrogen-bond donors (Lipinski definition) is 1. The monoisotopic (exact) mass is 317 g/mol. The molecule has 0 spiro atoms. The molecule has 2 rings (SSSR count). The number of benzene rings is 1. The minimum Gasteiger partial charge on any atom is -0.312 e. The van der Waals surface area contributed by atoms with E-state index in [0.29, 0.717) is 13.0 Å². The maximum atomic E-state index is 13.3. The third-order valence-electron chi connectivity index (χ3n) is 4.33. The zero-order valence-corrected chi connectivity index (χ0v) is 13.3. The fourth-order valence-electron chi connectivity index (χ4n) is 3.13. The van der Waals surface area contributed by atoms with Crippen molar-refractivity contribution in [2.75, 3.05) is 6.54 Å². The van der Waals surface area contributed by atoms with Crippen molar-refractivity contribution in [2.24, 2.45) is 5.41 Å². The van der Waals surface area contributed by atoms with Gasteiger partial charge in [0.2, 0.25) is 0 Å². The third kappa shape index (κ3) is 2.97. The molecule has 118 valence electrons. The number of halogens is 2. The first-order chi connectivity index (χ1) is 9.70. The van der Waals surface area contributed by atoms with Crippen LogP contribution >= 0.6 is 0 Å². The fourth-order valence-corrected chi connectivity index (χ4v) is 5.26. The van der Waals surface area contributed by atoms with Crippen LogP contribution in [0.3, 0.4) is 0 Å². The zero-order chi connectivity index (χ0) is 15.8. The normalized spacial score (nSPS) is 25.2. The Hall–Kier alpha value is -1.01. The second kappa shape index (κ2) is 5.65. The highest BCUT2D eigenvalue weighted by molar-refractivity contribution is 7.92. The first kappa shape index (κ1) is 16.4. The summed E-state index contributed by atoms with van der Waals surface area (Å²) < 4.78 is 51.8. The molecule has 0 saturated heterocycles. The van der Waals surface area contributed by atoms with Crippen LogP contribution in [0.15, 0.2) is 23.1 Å². The smallest absolute Gasteiger partial charge is 0.182 e. The lowest BCUT2D eigenvalue weighted by Gasteiger charge is -2.31. The van der Waals surface area contributed by atoms with Gasteiger partial charge in [0.1, 0.15) is 0 Å². The van der Waals surface area contributed by atoms with Crippen LogP contribution in [0.1, 0.15) is 33.6 Å². The summed E-state index contributed by atoms with van der Waals surface area (Å²) in [5.74, 6) is -2.17. The van der Waals surface area contributed by atoms with Crippen LogP contribution in [0, 0.1) is 17.0 Å². The standard InChI is InChI=1S/C15H21F2NO2S/c1-4-18-14-13(7-8-15(14,2)3)21(19,20)10-5-6-11(16)12(17)9-10/h5-6,9,13-14,18H,4,7-8H2,1-3H3. The summed E-state index contributed by atoms with van der Waals surface area (Å²) in [5, 5.41) is 2.63. The van der Waals surface area contributed by atoms with E-state index in [9.17, 15) is 17.2 Å². The molecule has 1 aromatic carbocycles. The van der Waals surface area contributed by atoms with Gasteiger partial charge in [-0.05, 0) is 43.0 Å². The van der Waals surface area contributed by atoms with Gasteiger partial charge in [-0.2, -0.15) is 0 Å². The van der Waals surface area contributed by atoms with Crippen molar-refractivity contribution in [3.8, 4) is 0 Å². The molecule has 0 heterocycles. The summed E-state index contributed by atoms with van der Waals surface area (Å²) in [6.45, 7) is 6.65. The quantitative estimate of drug-likeness (QED) is 0.869. The highest BCUT2D eigenvalue weighted by Crippen LogP contribution is 2.42. The molecule has 1 N–H and O–H groups in total. The molecule has 21 heavy (non-hydrogen) atoms. The largest absolute Gasteiger partial charge is 0.312 e. The van der Waals surface area contributed by atoms with Gasteiger partial charge in [0.25, 0.3) is 0 Å². The molecule has 0 aliphatic heterocycles. The van der Waals surface area contributed by atoms with Crippen LogP contribution in [0.2, 0.25) is 0 Å². The maximum absolute atomic E-state index is 13.3. The Labute approximate surface area is 124 Å². The highest BCUT2D eigenvalue weighted by atomic mass is 32.2. The zero-order valence-electron chi connectivity index (χ0n) is 12.5. The molecular weight excluding hydrogens is 296 g/mol. The summed E-state index contributed by atoms with van der Waals surface area (Å²) in [4.78, 5) is -0.146. The van der Waals surface area contributed by atoms with E-state index in [4.69, 9.17) is 0 Å². The molecule has 1 saturated carbocycles. The lowest BCUT2D eigenvalue weighted by Crippen LogP contribution is -2.47. The summed E-state index contributed by atoms with van der Waals surface area (Å²) in [5.41, 5.74) is -0.147. The molecule has 3 nitrogen and oxygen atoms in total. The number of rotatable bonds is 4. The van der Waals surface area contributed by atoms with E-state index in [1.54, 1.807) is 0 Å². The lowest BCUT2D eigenvalue weighted by molar-refractivity contribution is 0.288. The number of hydrogen-bond acceptors (Lipinski definition) is 3. The minimum absolute atomic E-state index is 0.146.